The van der Waals surface area contributed by atoms with Gasteiger partial charge in [0, 0.05) is 57.0 Å². The Kier molecular flexibility index (Phi) is 3.76. The molecule has 148 valence electrons. The van der Waals surface area contributed by atoms with Crippen LogP contribution in [0.25, 0.3) is 0 Å². The largest absolute Gasteiger partial charge is 0.338 e. The number of unbranched alkanes of at least 4 members (excludes halogenated alkanes) is 1. The van der Waals surface area contributed by atoms with Crippen molar-refractivity contribution in [3.05, 3.63) is 18.5 Å². The lowest BCUT2D eigenvalue weighted by Crippen LogP contribution is -2.50. The van der Waals surface area contributed by atoms with E-state index >= 15 is 0 Å². The standard InChI is InChI=1S/C21H27N5O2/c27-19-17-14-12-13-15(17)16(13)18(14)20(28)26(19)7-2-1-6-24-8-10-25(11-9-24)21-22-4-3-5-23-21/h3-5,13-18H,1-2,6-12H2. The first kappa shape index (κ1) is 16.9. The minimum absolute atomic E-state index is 0.162. The molecule has 4 atom stereocenters. The molecule has 7 heteroatoms. The molecule has 28 heavy (non-hydrogen) atoms. The molecule has 4 aliphatic carbocycles. The number of carbonyl (C=O) groups is 2. The van der Waals surface area contributed by atoms with Gasteiger partial charge in [-0.15, -0.1) is 0 Å². The monoisotopic (exact) mass is 381 g/mol. The van der Waals surface area contributed by atoms with Crippen LogP contribution in [0.15, 0.2) is 18.5 Å². The summed E-state index contributed by atoms with van der Waals surface area (Å²) >= 11 is 0. The van der Waals surface area contributed by atoms with Gasteiger partial charge in [-0.2, -0.15) is 0 Å². The van der Waals surface area contributed by atoms with Crippen molar-refractivity contribution in [2.24, 2.45) is 35.5 Å². The molecule has 0 spiro atoms. The van der Waals surface area contributed by atoms with Crippen LogP contribution >= 0.6 is 0 Å². The van der Waals surface area contributed by atoms with Gasteiger partial charge >= 0.3 is 0 Å². The summed E-state index contributed by atoms with van der Waals surface area (Å²) in [5, 5.41) is 0. The molecular formula is C21H27N5O2. The van der Waals surface area contributed by atoms with Crippen molar-refractivity contribution >= 4 is 17.8 Å². The minimum Gasteiger partial charge on any atom is -0.338 e. The van der Waals surface area contributed by atoms with E-state index in [0.29, 0.717) is 24.3 Å². The second-order valence-electron chi connectivity index (χ2n) is 9.18. The van der Waals surface area contributed by atoms with Crippen LogP contribution in [-0.2, 0) is 9.59 Å². The average Bonchev–Trinajstić information content (AvgIpc) is 3.06. The number of piperazine rings is 1. The molecule has 0 aromatic carbocycles. The van der Waals surface area contributed by atoms with Gasteiger partial charge < -0.3 is 4.90 Å². The number of rotatable bonds is 6. The summed E-state index contributed by atoms with van der Waals surface area (Å²) in [6.45, 7) is 5.57. The fourth-order valence-corrected chi connectivity index (χ4v) is 6.77. The smallest absolute Gasteiger partial charge is 0.232 e. The molecule has 2 saturated heterocycles. The maximum absolute atomic E-state index is 12.8. The van der Waals surface area contributed by atoms with Gasteiger partial charge in [0.1, 0.15) is 0 Å². The van der Waals surface area contributed by atoms with Crippen LogP contribution < -0.4 is 4.90 Å². The Morgan fingerprint density at radius 2 is 1.50 bits per heavy atom. The average molecular weight is 381 g/mol. The number of anilines is 1. The van der Waals surface area contributed by atoms with Crippen LogP contribution in [0.4, 0.5) is 5.95 Å². The van der Waals surface area contributed by atoms with Crippen molar-refractivity contribution in [1.82, 2.24) is 19.8 Å². The van der Waals surface area contributed by atoms with Crippen LogP contribution in [0.5, 0.6) is 0 Å². The van der Waals surface area contributed by atoms with Gasteiger partial charge in [-0.3, -0.25) is 19.4 Å². The predicted octanol–water partition coefficient (Wildman–Crippen LogP) is 0.876. The van der Waals surface area contributed by atoms with E-state index in [0.717, 1.165) is 63.9 Å². The van der Waals surface area contributed by atoms with E-state index in [1.807, 2.05) is 6.07 Å². The van der Waals surface area contributed by atoms with Crippen LogP contribution in [-0.4, -0.2) is 70.9 Å². The van der Waals surface area contributed by atoms with Gasteiger partial charge in [-0.05, 0) is 55.5 Å². The first-order chi connectivity index (χ1) is 13.7. The summed E-state index contributed by atoms with van der Waals surface area (Å²) in [6, 6.07) is 1.84. The summed E-state index contributed by atoms with van der Waals surface area (Å²) in [7, 11) is 0. The van der Waals surface area contributed by atoms with Gasteiger partial charge in [0.15, 0.2) is 0 Å². The number of piperidine rings is 1. The zero-order chi connectivity index (χ0) is 18.8. The van der Waals surface area contributed by atoms with Crippen LogP contribution in [0.3, 0.4) is 0 Å². The number of carbonyl (C=O) groups excluding carboxylic acids is 2. The van der Waals surface area contributed by atoms with Crippen molar-refractivity contribution in [1.29, 1.82) is 0 Å². The molecule has 3 heterocycles. The molecule has 6 bridgehead atoms. The summed E-state index contributed by atoms with van der Waals surface area (Å²) in [6.07, 6.45) is 6.68. The molecule has 6 fully saturated rings. The predicted molar refractivity (Wildman–Crippen MR) is 102 cm³/mol. The van der Waals surface area contributed by atoms with Crippen molar-refractivity contribution in [3.63, 3.8) is 0 Å². The van der Waals surface area contributed by atoms with Crippen molar-refractivity contribution < 1.29 is 9.59 Å². The van der Waals surface area contributed by atoms with Crippen molar-refractivity contribution in [2.75, 3.05) is 44.2 Å². The van der Waals surface area contributed by atoms with Gasteiger partial charge in [-0.25, -0.2) is 9.97 Å². The number of hydrogen-bond donors (Lipinski definition) is 0. The third kappa shape index (κ3) is 2.38. The Morgan fingerprint density at radius 1 is 0.857 bits per heavy atom. The molecular weight excluding hydrogens is 354 g/mol. The van der Waals surface area contributed by atoms with E-state index in [9.17, 15) is 9.59 Å². The highest BCUT2D eigenvalue weighted by Crippen LogP contribution is 2.77. The van der Waals surface area contributed by atoms with Gasteiger partial charge in [-0.1, -0.05) is 0 Å². The Morgan fingerprint density at radius 3 is 2.14 bits per heavy atom. The summed E-state index contributed by atoms with van der Waals surface area (Å²) < 4.78 is 0. The third-order valence-electron chi connectivity index (χ3n) is 8.00. The highest BCUT2D eigenvalue weighted by Gasteiger charge is 2.79. The molecule has 4 saturated carbocycles. The fraction of sp³-hybridized carbons (Fsp3) is 0.714. The van der Waals surface area contributed by atoms with E-state index in [1.165, 1.54) is 0 Å². The van der Waals surface area contributed by atoms with Crippen LogP contribution in [0.1, 0.15) is 19.3 Å². The zero-order valence-electron chi connectivity index (χ0n) is 16.1. The molecule has 4 unspecified atom stereocenters. The Bertz CT molecular complexity index is 763. The molecule has 1 aromatic heterocycles. The Balaban J connectivity index is 0.960. The number of imide groups is 1. The maximum Gasteiger partial charge on any atom is 0.232 e. The molecule has 0 radical (unpaired) electrons. The normalized spacial score (nSPS) is 38.4. The van der Waals surface area contributed by atoms with E-state index in [1.54, 1.807) is 17.3 Å². The number of nitrogens with zero attached hydrogens (tertiary/aromatic N) is 5. The highest BCUT2D eigenvalue weighted by molar-refractivity contribution is 6.03. The summed E-state index contributed by atoms with van der Waals surface area (Å²) in [4.78, 5) is 40.6. The minimum atomic E-state index is 0.162. The van der Waals surface area contributed by atoms with E-state index < -0.39 is 0 Å². The molecule has 7 rings (SSSR count). The van der Waals surface area contributed by atoms with Crippen molar-refractivity contribution in [3.8, 4) is 0 Å². The quantitative estimate of drug-likeness (QED) is 0.538. The number of aromatic nitrogens is 2. The highest BCUT2D eigenvalue weighted by atomic mass is 16.2. The Labute approximate surface area is 165 Å². The summed E-state index contributed by atoms with van der Waals surface area (Å²) in [5.41, 5.74) is 0. The topological polar surface area (TPSA) is 69.6 Å². The number of likely N-dealkylation sites (tertiary alicyclic amines) is 1. The summed E-state index contributed by atoms with van der Waals surface area (Å²) in [5.74, 6) is 3.80. The second kappa shape index (κ2) is 6.24. The van der Waals surface area contributed by atoms with Gasteiger partial charge in [0.05, 0.1) is 0 Å². The lowest BCUT2D eigenvalue weighted by atomic mass is 9.85. The SMILES string of the molecule is O=C1C2C3CC4C2C4C3C(=O)N1CCCCN1CCN(c2ncccn2)CC1. The third-order valence-corrected chi connectivity index (χ3v) is 8.00. The molecule has 7 nitrogen and oxygen atoms in total. The Hall–Kier alpha value is -2.02. The first-order valence-electron chi connectivity index (χ1n) is 10.8. The second-order valence-corrected chi connectivity index (χ2v) is 9.18. The molecule has 1 aromatic rings. The lowest BCUT2D eigenvalue weighted by molar-refractivity contribution is -0.156. The van der Waals surface area contributed by atoms with Gasteiger partial charge in [0.25, 0.3) is 0 Å². The molecule has 2 amide bonds. The van der Waals surface area contributed by atoms with Gasteiger partial charge in [0.2, 0.25) is 17.8 Å². The number of amides is 2. The zero-order valence-corrected chi connectivity index (χ0v) is 16.1. The first-order valence-corrected chi connectivity index (χ1v) is 10.8. The maximum atomic E-state index is 12.8. The molecule has 6 aliphatic rings. The van der Waals surface area contributed by atoms with Crippen LogP contribution in [0.2, 0.25) is 0 Å². The van der Waals surface area contributed by atoms with E-state index in [4.69, 9.17) is 0 Å². The van der Waals surface area contributed by atoms with Crippen molar-refractivity contribution in [2.45, 2.75) is 19.3 Å². The lowest BCUT2D eigenvalue weighted by Gasteiger charge is -2.35. The van der Waals surface area contributed by atoms with Crippen LogP contribution in [0, 0.1) is 35.5 Å². The van der Waals surface area contributed by atoms with E-state index in [2.05, 4.69) is 19.8 Å². The molecule has 2 aliphatic heterocycles. The fourth-order valence-electron chi connectivity index (χ4n) is 6.77. The molecule has 0 N–H and O–H groups in total. The van der Waals surface area contributed by atoms with E-state index in [-0.39, 0.29) is 23.7 Å². The number of hydrogen-bond acceptors (Lipinski definition) is 6.